The number of alkyl halides is 3. The molecule has 5 nitrogen and oxygen atoms in total. The van der Waals surface area contributed by atoms with Gasteiger partial charge in [0.2, 0.25) is 0 Å². The third-order valence-corrected chi connectivity index (χ3v) is 3.53. The molecule has 130 valence electrons. The summed E-state index contributed by atoms with van der Waals surface area (Å²) in [4.78, 5) is 16.0. The van der Waals surface area contributed by atoms with Gasteiger partial charge < -0.3 is 9.84 Å². The van der Waals surface area contributed by atoms with Gasteiger partial charge in [0.15, 0.2) is 0 Å². The molecule has 0 bridgehead atoms. The van der Waals surface area contributed by atoms with E-state index >= 15 is 0 Å². The SMILES string of the molecule is Cc1ncn(C[C@@H](O)COc2cccc(C(F)(F)F)c2)c(=O)c1C. The lowest BCUT2D eigenvalue weighted by atomic mass is 10.2. The molecular weight excluding hydrogens is 325 g/mol. The lowest BCUT2D eigenvalue weighted by Gasteiger charge is -2.15. The van der Waals surface area contributed by atoms with Gasteiger partial charge in [-0.1, -0.05) is 6.07 Å². The van der Waals surface area contributed by atoms with Crippen LogP contribution in [0, 0.1) is 13.8 Å². The third kappa shape index (κ3) is 4.35. The number of aliphatic hydroxyl groups is 1. The number of hydrogen-bond acceptors (Lipinski definition) is 4. The summed E-state index contributed by atoms with van der Waals surface area (Å²) in [6, 6.07) is 4.38. The minimum Gasteiger partial charge on any atom is -0.491 e. The Morgan fingerprint density at radius 2 is 2.04 bits per heavy atom. The Hall–Kier alpha value is -2.35. The number of aliphatic hydroxyl groups excluding tert-OH is 1. The zero-order valence-electron chi connectivity index (χ0n) is 13.2. The molecule has 1 heterocycles. The summed E-state index contributed by atoms with van der Waals surface area (Å²) in [6.07, 6.45) is -4.21. The van der Waals surface area contributed by atoms with Crippen molar-refractivity contribution in [1.82, 2.24) is 9.55 Å². The van der Waals surface area contributed by atoms with Crippen molar-refractivity contribution in [2.24, 2.45) is 0 Å². The quantitative estimate of drug-likeness (QED) is 0.906. The molecule has 8 heteroatoms. The van der Waals surface area contributed by atoms with E-state index < -0.39 is 17.8 Å². The van der Waals surface area contributed by atoms with Crippen LogP contribution in [0.4, 0.5) is 13.2 Å². The van der Waals surface area contributed by atoms with E-state index in [1.165, 1.54) is 23.0 Å². The first-order chi connectivity index (χ1) is 11.2. The van der Waals surface area contributed by atoms with Crippen LogP contribution in [0.3, 0.4) is 0 Å². The van der Waals surface area contributed by atoms with Gasteiger partial charge >= 0.3 is 6.18 Å². The van der Waals surface area contributed by atoms with Crippen molar-refractivity contribution in [2.45, 2.75) is 32.7 Å². The average molecular weight is 342 g/mol. The Balaban J connectivity index is 2.00. The van der Waals surface area contributed by atoms with Crippen LogP contribution in [-0.2, 0) is 12.7 Å². The zero-order valence-corrected chi connectivity index (χ0v) is 13.2. The van der Waals surface area contributed by atoms with Crippen molar-refractivity contribution in [3.8, 4) is 5.75 Å². The van der Waals surface area contributed by atoms with Crippen molar-refractivity contribution < 1.29 is 23.0 Å². The molecule has 1 atom stereocenters. The molecule has 1 aromatic heterocycles. The van der Waals surface area contributed by atoms with E-state index in [1.807, 2.05) is 0 Å². The number of hydrogen-bond donors (Lipinski definition) is 1. The highest BCUT2D eigenvalue weighted by atomic mass is 19.4. The second-order valence-electron chi connectivity index (χ2n) is 5.40. The number of rotatable bonds is 5. The number of aryl methyl sites for hydroxylation is 1. The van der Waals surface area contributed by atoms with Crippen LogP contribution in [0.25, 0.3) is 0 Å². The van der Waals surface area contributed by atoms with Crippen molar-refractivity contribution in [1.29, 1.82) is 0 Å². The fourth-order valence-corrected chi connectivity index (χ4v) is 2.04. The second kappa shape index (κ2) is 7.04. The number of halogens is 3. The number of nitrogens with zero attached hydrogens (tertiary/aromatic N) is 2. The molecule has 0 radical (unpaired) electrons. The summed E-state index contributed by atoms with van der Waals surface area (Å²) in [5.74, 6) is -0.00515. The molecule has 0 aliphatic heterocycles. The van der Waals surface area contributed by atoms with Crippen molar-refractivity contribution in [2.75, 3.05) is 6.61 Å². The van der Waals surface area contributed by atoms with Gasteiger partial charge in [0.25, 0.3) is 5.56 Å². The maximum absolute atomic E-state index is 12.6. The van der Waals surface area contributed by atoms with Gasteiger partial charge in [-0.2, -0.15) is 13.2 Å². The van der Waals surface area contributed by atoms with Crippen LogP contribution in [0.1, 0.15) is 16.8 Å². The first-order valence-corrected chi connectivity index (χ1v) is 7.19. The summed E-state index contributed by atoms with van der Waals surface area (Å²) in [5.41, 5.74) is -0.0286. The van der Waals surface area contributed by atoms with Crippen LogP contribution >= 0.6 is 0 Å². The van der Waals surface area contributed by atoms with Crippen molar-refractivity contribution >= 4 is 0 Å². The maximum atomic E-state index is 12.6. The molecule has 0 amide bonds. The minimum atomic E-state index is -4.46. The topological polar surface area (TPSA) is 64.3 Å². The fourth-order valence-electron chi connectivity index (χ4n) is 2.04. The van der Waals surface area contributed by atoms with Gasteiger partial charge in [-0.3, -0.25) is 9.36 Å². The van der Waals surface area contributed by atoms with E-state index in [0.717, 1.165) is 12.1 Å². The molecule has 1 aromatic carbocycles. The molecule has 1 N–H and O–H groups in total. The van der Waals surface area contributed by atoms with E-state index in [2.05, 4.69) is 4.98 Å². The maximum Gasteiger partial charge on any atom is 0.416 e. The lowest BCUT2D eigenvalue weighted by molar-refractivity contribution is -0.137. The molecule has 0 aliphatic carbocycles. The van der Waals surface area contributed by atoms with Gasteiger partial charge in [0.1, 0.15) is 18.5 Å². The van der Waals surface area contributed by atoms with Crippen LogP contribution in [-0.4, -0.2) is 27.4 Å². The third-order valence-electron chi connectivity index (χ3n) is 3.53. The number of benzene rings is 1. The summed E-state index contributed by atoms with van der Waals surface area (Å²) in [5, 5.41) is 9.94. The molecule has 0 spiro atoms. The standard InChI is InChI=1S/C16H17F3N2O3/c1-10-11(2)20-9-21(15(10)23)7-13(22)8-24-14-5-3-4-12(6-14)16(17,18)19/h3-6,9,13,22H,7-8H2,1-2H3/t13-/m1/s1. The van der Waals surface area contributed by atoms with E-state index in [1.54, 1.807) is 13.8 Å². The lowest BCUT2D eigenvalue weighted by Crippen LogP contribution is -2.31. The van der Waals surface area contributed by atoms with Crippen molar-refractivity contribution in [3.05, 3.63) is 57.8 Å². The zero-order chi connectivity index (χ0) is 17.9. The van der Waals surface area contributed by atoms with Crippen molar-refractivity contribution in [3.63, 3.8) is 0 Å². The van der Waals surface area contributed by atoms with E-state index in [-0.39, 0.29) is 24.5 Å². The van der Waals surface area contributed by atoms with E-state index in [4.69, 9.17) is 4.74 Å². The Labute approximate surface area is 136 Å². The van der Waals surface area contributed by atoms with Crippen LogP contribution < -0.4 is 10.3 Å². The molecule has 0 saturated heterocycles. The van der Waals surface area contributed by atoms with Crippen LogP contribution in [0.2, 0.25) is 0 Å². The minimum absolute atomic E-state index is 0.00515. The Kier molecular flexibility index (Phi) is 5.28. The smallest absolute Gasteiger partial charge is 0.416 e. The summed E-state index contributed by atoms with van der Waals surface area (Å²) < 4.78 is 44.3. The highest BCUT2D eigenvalue weighted by molar-refractivity contribution is 5.30. The average Bonchev–Trinajstić information content (AvgIpc) is 2.53. The first kappa shape index (κ1) is 18.0. The first-order valence-electron chi connectivity index (χ1n) is 7.19. The van der Waals surface area contributed by atoms with Gasteiger partial charge in [-0.25, -0.2) is 4.98 Å². The Morgan fingerprint density at radius 1 is 1.33 bits per heavy atom. The summed E-state index contributed by atoms with van der Waals surface area (Å²) in [6.45, 7) is 3.02. The monoisotopic (exact) mass is 342 g/mol. The van der Waals surface area contributed by atoms with Gasteiger partial charge in [0.05, 0.1) is 18.4 Å². The Morgan fingerprint density at radius 3 is 2.71 bits per heavy atom. The fraction of sp³-hybridized carbons (Fsp3) is 0.375. The molecule has 0 saturated carbocycles. The van der Waals surface area contributed by atoms with Crippen LogP contribution in [0.15, 0.2) is 35.4 Å². The largest absolute Gasteiger partial charge is 0.491 e. The highest BCUT2D eigenvalue weighted by Crippen LogP contribution is 2.31. The molecule has 0 aliphatic rings. The predicted molar refractivity (Wildman–Crippen MR) is 80.9 cm³/mol. The van der Waals surface area contributed by atoms with Crippen LogP contribution in [0.5, 0.6) is 5.75 Å². The number of aromatic nitrogens is 2. The van der Waals surface area contributed by atoms with E-state index in [9.17, 15) is 23.1 Å². The highest BCUT2D eigenvalue weighted by Gasteiger charge is 2.30. The predicted octanol–water partition coefficient (Wildman–Crippen LogP) is 2.32. The molecule has 0 unspecified atom stereocenters. The Bertz CT molecular complexity index is 772. The van der Waals surface area contributed by atoms with Gasteiger partial charge in [-0.15, -0.1) is 0 Å². The second-order valence-corrected chi connectivity index (χ2v) is 5.40. The molecule has 2 aromatic rings. The van der Waals surface area contributed by atoms with Gasteiger partial charge in [-0.05, 0) is 32.0 Å². The summed E-state index contributed by atoms with van der Waals surface area (Å²) in [7, 11) is 0. The molecular formula is C16H17F3N2O3. The normalized spacial score (nSPS) is 12.9. The summed E-state index contributed by atoms with van der Waals surface area (Å²) >= 11 is 0. The number of ether oxygens (including phenoxy) is 1. The molecule has 2 rings (SSSR count). The van der Waals surface area contributed by atoms with Gasteiger partial charge in [0, 0.05) is 11.3 Å². The molecule has 0 fully saturated rings. The van der Waals surface area contributed by atoms with E-state index in [0.29, 0.717) is 11.3 Å². The molecule has 24 heavy (non-hydrogen) atoms.